The van der Waals surface area contributed by atoms with Crippen molar-refractivity contribution < 1.29 is 0 Å². The minimum Gasteiger partial charge on any atom is -0.363 e. The van der Waals surface area contributed by atoms with E-state index >= 15 is 0 Å². The van der Waals surface area contributed by atoms with Gasteiger partial charge in [0.15, 0.2) is 0 Å². The first-order valence-corrected chi connectivity index (χ1v) is 6.69. The van der Waals surface area contributed by atoms with E-state index in [4.69, 9.17) is 0 Å². The fourth-order valence-electron chi connectivity index (χ4n) is 2.82. The van der Waals surface area contributed by atoms with Crippen molar-refractivity contribution in [2.24, 2.45) is 0 Å². The molecule has 0 bridgehead atoms. The summed E-state index contributed by atoms with van der Waals surface area (Å²) >= 11 is 0. The lowest BCUT2D eigenvalue weighted by Crippen LogP contribution is -2.55. The predicted octanol–water partition coefficient (Wildman–Crippen LogP) is 3.00. The molecule has 2 heteroatoms. The minimum absolute atomic E-state index is 0.568. The van der Waals surface area contributed by atoms with Crippen LogP contribution in [0.15, 0.2) is 24.3 Å². The number of benzene rings is 1. The van der Waals surface area contributed by atoms with Gasteiger partial charge in [-0.3, -0.25) is 0 Å². The van der Waals surface area contributed by atoms with Crippen molar-refractivity contribution in [3.8, 4) is 0 Å². The summed E-state index contributed by atoms with van der Waals surface area (Å²) in [6, 6.07) is 9.98. The summed E-state index contributed by atoms with van der Waals surface area (Å²) in [7, 11) is 0. The molecule has 1 aliphatic heterocycles. The zero-order chi connectivity index (χ0) is 12.4. The van der Waals surface area contributed by atoms with E-state index in [1.165, 1.54) is 11.3 Å². The zero-order valence-corrected chi connectivity index (χ0v) is 11.4. The molecular weight excluding hydrogens is 208 g/mol. The second kappa shape index (κ2) is 5.09. The topological polar surface area (TPSA) is 15.3 Å². The van der Waals surface area contributed by atoms with Gasteiger partial charge >= 0.3 is 0 Å². The molecule has 1 N–H and O–H groups in total. The minimum atomic E-state index is 0.568. The molecule has 1 saturated heterocycles. The van der Waals surface area contributed by atoms with Gasteiger partial charge in [0.05, 0.1) is 0 Å². The van der Waals surface area contributed by atoms with Crippen LogP contribution in [-0.2, 0) is 0 Å². The number of rotatable bonds is 2. The largest absolute Gasteiger partial charge is 0.363 e. The maximum Gasteiger partial charge on any atom is 0.0407 e. The SMILES string of the molecule is CC(C)c1ccccc1N1C(C)CNCC1C. The van der Waals surface area contributed by atoms with Gasteiger partial charge in [-0.1, -0.05) is 32.0 Å². The molecular formula is C15H24N2. The molecule has 0 aliphatic carbocycles. The van der Waals surface area contributed by atoms with E-state index in [2.05, 4.69) is 62.2 Å². The number of piperazine rings is 1. The van der Waals surface area contributed by atoms with E-state index in [1.807, 2.05) is 0 Å². The van der Waals surface area contributed by atoms with Crippen LogP contribution in [0.1, 0.15) is 39.2 Å². The summed E-state index contributed by atoms with van der Waals surface area (Å²) in [5.41, 5.74) is 2.89. The molecule has 1 aromatic rings. The van der Waals surface area contributed by atoms with E-state index in [9.17, 15) is 0 Å². The Morgan fingerprint density at radius 1 is 1.12 bits per heavy atom. The second-order valence-electron chi connectivity index (χ2n) is 5.48. The normalized spacial score (nSPS) is 25.4. The quantitative estimate of drug-likeness (QED) is 0.843. The Morgan fingerprint density at radius 2 is 1.71 bits per heavy atom. The third-order valence-electron chi connectivity index (χ3n) is 3.67. The Bertz CT molecular complexity index is 363. The summed E-state index contributed by atoms with van der Waals surface area (Å²) in [4.78, 5) is 2.58. The van der Waals surface area contributed by atoms with Crippen LogP contribution < -0.4 is 10.2 Å². The monoisotopic (exact) mass is 232 g/mol. The molecule has 0 radical (unpaired) electrons. The van der Waals surface area contributed by atoms with E-state index in [-0.39, 0.29) is 0 Å². The van der Waals surface area contributed by atoms with Crippen LogP contribution in [0.3, 0.4) is 0 Å². The fraction of sp³-hybridized carbons (Fsp3) is 0.600. The molecule has 0 saturated carbocycles. The molecule has 2 unspecified atom stereocenters. The van der Waals surface area contributed by atoms with E-state index < -0.39 is 0 Å². The molecule has 0 amide bonds. The van der Waals surface area contributed by atoms with Crippen LogP contribution in [0, 0.1) is 0 Å². The van der Waals surface area contributed by atoms with Gasteiger partial charge in [-0.25, -0.2) is 0 Å². The molecule has 1 aliphatic rings. The Hall–Kier alpha value is -1.02. The molecule has 2 atom stereocenters. The number of nitrogens with one attached hydrogen (secondary N) is 1. The van der Waals surface area contributed by atoms with Crippen molar-refractivity contribution in [1.82, 2.24) is 5.32 Å². The molecule has 1 fully saturated rings. The van der Waals surface area contributed by atoms with Crippen LogP contribution >= 0.6 is 0 Å². The number of hydrogen-bond donors (Lipinski definition) is 1. The summed E-state index contributed by atoms with van der Waals surface area (Å²) < 4.78 is 0. The van der Waals surface area contributed by atoms with Gasteiger partial charge in [0.25, 0.3) is 0 Å². The molecule has 2 nitrogen and oxygen atoms in total. The van der Waals surface area contributed by atoms with E-state index in [1.54, 1.807) is 0 Å². The lowest BCUT2D eigenvalue weighted by molar-refractivity contribution is 0.430. The highest BCUT2D eigenvalue weighted by atomic mass is 15.2. The van der Waals surface area contributed by atoms with Gasteiger partial charge in [0, 0.05) is 30.9 Å². The molecule has 1 heterocycles. The van der Waals surface area contributed by atoms with Crippen LogP contribution in [-0.4, -0.2) is 25.2 Å². The van der Waals surface area contributed by atoms with Gasteiger partial charge in [0.1, 0.15) is 0 Å². The average molecular weight is 232 g/mol. The van der Waals surface area contributed by atoms with Crippen molar-refractivity contribution in [3.05, 3.63) is 29.8 Å². The van der Waals surface area contributed by atoms with Gasteiger partial charge in [-0.2, -0.15) is 0 Å². The maximum absolute atomic E-state index is 3.49. The van der Waals surface area contributed by atoms with Gasteiger partial charge in [-0.15, -0.1) is 0 Å². The fourth-order valence-corrected chi connectivity index (χ4v) is 2.82. The summed E-state index contributed by atoms with van der Waals surface area (Å²) in [6.07, 6.45) is 0. The summed E-state index contributed by atoms with van der Waals surface area (Å²) in [5, 5.41) is 3.49. The highest BCUT2D eigenvalue weighted by Gasteiger charge is 2.26. The van der Waals surface area contributed by atoms with Crippen molar-refractivity contribution in [2.75, 3.05) is 18.0 Å². The van der Waals surface area contributed by atoms with Crippen LogP contribution in [0.2, 0.25) is 0 Å². The molecule has 0 aromatic heterocycles. The maximum atomic E-state index is 3.49. The van der Waals surface area contributed by atoms with Crippen molar-refractivity contribution in [3.63, 3.8) is 0 Å². The van der Waals surface area contributed by atoms with E-state index in [0.29, 0.717) is 18.0 Å². The first kappa shape index (κ1) is 12.4. The first-order chi connectivity index (χ1) is 8.11. The highest BCUT2D eigenvalue weighted by Crippen LogP contribution is 2.30. The predicted molar refractivity (Wildman–Crippen MR) is 74.8 cm³/mol. The summed E-state index contributed by atoms with van der Waals surface area (Å²) in [5.74, 6) is 0.584. The first-order valence-electron chi connectivity index (χ1n) is 6.69. The Morgan fingerprint density at radius 3 is 2.29 bits per heavy atom. The second-order valence-corrected chi connectivity index (χ2v) is 5.48. The number of anilines is 1. The molecule has 1 aromatic carbocycles. The van der Waals surface area contributed by atoms with Crippen LogP contribution in [0.5, 0.6) is 0 Å². The third-order valence-corrected chi connectivity index (χ3v) is 3.67. The third kappa shape index (κ3) is 2.47. The number of hydrogen-bond acceptors (Lipinski definition) is 2. The number of nitrogens with zero attached hydrogens (tertiary/aromatic N) is 1. The Balaban J connectivity index is 2.37. The Labute approximate surface area is 105 Å². The standard InChI is InChI=1S/C15H24N2/c1-11(2)14-7-5-6-8-15(14)17-12(3)9-16-10-13(17)4/h5-8,11-13,16H,9-10H2,1-4H3. The zero-order valence-electron chi connectivity index (χ0n) is 11.4. The van der Waals surface area contributed by atoms with Crippen LogP contribution in [0.25, 0.3) is 0 Å². The summed E-state index contributed by atoms with van der Waals surface area (Å²) in [6.45, 7) is 11.3. The van der Waals surface area contributed by atoms with Crippen molar-refractivity contribution in [2.45, 2.75) is 45.7 Å². The van der Waals surface area contributed by atoms with Crippen molar-refractivity contribution >= 4 is 5.69 Å². The van der Waals surface area contributed by atoms with Gasteiger partial charge in [0.2, 0.25) is 0 Å². The highest BCUT2D eigenvalue weighted by molar-refractivity contribution is 5.56. The molecule has 2 rings (SSSR count). The number of para-hydroxylation sites is 1. The van der Waals surface area contributed by atoms with E-state index in [0.717, 1.165) is 13.1 Å². The lowest BCUT2D eigenvalue weighted by Gasteiger charge is -2.42. The van der Waals surface area contributed by atoms with Gasteiger partial charge < -0.3 is 10.2 Å². The molecule has 17 heavy (non-hydrogen) atoms. The van der Waals surface area contributed by atoms with Crippen molar-refractivity contribution in [1.29, 1.82) is 0 Å². The molecule has 94 valence electrons. The Kier molecular flexibility index (Phi) is 3.72. The van der Waals surface area contributed by atoms with Gasteiger partial charge in [-0.05, 0) is 31.4 Å². The van der Waals surface area contributed by atoms with Crippen LogP contribution in [0.4, 0.5) is 5.69 Å². The average Bonchev–Trinajstić information content (AvgIpc) is 2.29. The molecule has 0 spiro atoms. The lowest BCUT2D eigenvalue weighted by atomic mass is 9.98. The smallest absolute Gasteiger partial charge is 0.0407 e.